The number of piperidine rings is 1. The molecular formula is C17H31N3O2. The zero-order chi connectivity index (χ0) is 15.6. The lowest BCUT2D eigenvalue weighted by molar-refractivity contribution is -0.163. The molecule has 1 spiro atoms. The van der Waals surface area contributed by atoms with Gasteiger partial charge in [-0.1, -0.05) is 6.92 Å². The number of aliphatic imine (C=N–C) groups is 1. The molecule has 126 valence electrons. The average molecular weight is 309 g/mol. The number of likely N-dealkylation sites (tertiary alicyclic amines) is 1. The van der Waals surface area contributed by atoms with Crippen LogP contribution in [0.5, 0.6) is 0 Å². The monoisotopic (exact) mass is 309 g/mol. The fourth-order valence-corrected chi connectivity index (χ4v) is 4.23. The lowest BCUT2D eigenvalue weighted by Gasteiger charge is -2.55. The van der Waals surface area contributed by atoms with Crippen molar-refractivity contribution in [1.29, 1.82) is 0 Å². The molecule has 0 amide bonds. The molecule has 1 saturated carbocycles. The summed E-state index contributed by atoms with van der Waals surface area (Å²) in [7, 11) is 0. The molecule has 5 nitrogen and oxygen atoms in total. The van der Waals surface area contributed by atoms with E-state index in [1.54, 1.807) is 0 Å². The molecule has 5 heteroatoms. The summed E-state index contributed by atoms with van der Waals surface area (Å²) in [6, 6.07) is 0.312. The van der Waals surface area contributed by atoms with Crippen molar-refractivity contribution >= 4 is 5.96 Å². The van der Waals surface area contributed by atoms with Crippen LogP contribution in [-0.4, -0.2) is 55.9 Å². The summed E-state index contributed by atoms with van der Waals surface area (Å²) in [6.45, 7) is 8.94. The van der Waals surface area contributed by atoms with E-state index in [9.17, 15) is 0 Å². The first-order chi connectivity index (χ1) is 10.7. The summed E-state index contributed by atoms with van der Waals surface area (Å²) in [5, 5.41) is 0. The second-order valence-electron chi connectivity index (χ2n) is 7.20. The molecule has 3 rings (SSSR count). The van der Waals surface area contributed by atoms with E-state index in [1.165, 1.54) is 12.8 Å². The van der Waals surface area contributed by atoms with Gasteiger partial charge in [0.15, 0.2) is 5.96 Å². The Labute approximate surface area is 134 Å². The smallest absolute Gasteiger partial charge is 0.191 e. The maximum Gasteiger partial charge on any atom is 0.191 e. The maximum atomic E-state index is 6.32. The van der Waals surface area contributed by atoms with Crippen LogP contribution in [0.4, 0.5) is 0 Å². The second kappa shape index (κ2) is 6.75. The number of hydrogen-bond donors (Lipinski definition) is 1. The minimum atomic E-state index is 0.169. The Balaban J connectivity index is 1.67. The molecule has 0 aromatic heterocycles. The van der Waals surface area contributed by atoms with Gasteiger partial charge in [-0.25, -0.2) is 4.99 Å². The molecule has 2 aliphatic heterocycles. The maximum absolute atomic E-state index is 6.32. The van der Waals surface area contributed by atoms with Crippen LogP contribution < -0.4 is 5.73 Å². The summed E-state index contributed by atoms with van der Waals surface area (Å²) in [6.07, 6.45) is 5.90. The predicted molar refractivity (Wildman–Crippen MR) is 87.9 cm³/mol. The van der Waals surface area contributed by atoms with Crippen molar-refractivity contribution in [2.45, 2.75) is 58.1 Å². The van der Waals surface area contributed by atoms with E-state index >= 15 is 0 Å². The van der Waals surface area contributed by atoms with Crippen molar-refractivity contribution in [3.8, 4) is 0 Å². The number of guanidine groups is 1. The van der Waals surface area contributed by atoms with E-state index in [0.29, 0.717) is 12.1 Å². The molecule has 0 bridgehead atoms. The van der Waals surface area contributed by atoms with Gasteiger partial charge in [-0.15, -0.1) is 0 Å². The number of nitrogens with two attached hydrogens (primary N) is 1. The normalized spacial score (nSPS) is 33.0. The molecule has 2 atom stereocenters. The van der Waals surface area contributed by atoms with E-state index in [1.807, 2.05) is 0 Å². The van der Waals surface area contributed by atoms with Crippen molar-refractivity contribution in [2.24, 2.45) is 22.1 Å². The van der Waals surface area contributed by atoms with E-state index in [0.717, 1.165) is 64.1 Å². The Hall–Kier alpha value is -0.810. The first-order valence-electron chi connectivity index (χ1n) is 8.93. The molecular weight excluding hydrogens is 278 g/mol. The zero-order valence-electron chi connectivity index (χ0n) is 14.1. The van der Waals surface area contributed by atoms with Crippen LogP contribution in [0, 0.1) is 11.3 Å². The first-order valence-corrected chi connectivity index (χ1v) is 8.93. The Kier molecular flexibility index (Phi) is 4.93. The van der Waals surface area contributed by atoms with Crippen molar-refractivity contribution in [2.75, 3.05) is 32.9 Å². The quantitative estimate of drug-likeness (QED) is 0.640. The van der Waals surface area contributed by atoms with Crippen LogP contribution in [0.15, 0.2) is 4.99 Å². The molecule has 22 heavy (non-hydrogen) atoms. The Morgan fingerprint density at radius 2 is 2.00 bits per heavy atom. The standard InChI is InChI=1S/C17H31N3O2/c1-3-22-15-12-14(17(15)6-10-21-11-7-17)19-16(18)20-8-4-13(2)5-9-20/h13-15H,3-12H2,1-2H3,(H2,18,19). The summed E-state index contributed by atoms with van der Waals surface area (Å²) in [4.78, 5) is 7.19. The average Bonchev–Trinajstić information content (AvgIpc) is 2.55. The largest absolute Gasteiger partial charge is 0.381 e. The Morgan fingerprint density at radius 1 is 1.32 bits per heavy atom. The van der Waals surface area contributed by atoms with E-state index in [2.05, 4.69) is 18.7 Å². The van der Waals surface area contributed by atoms with E-state index < -0.39 is 0 Å². The van der Waals surface area contributed by atoms with Gasteiger partial charge in [-0.05, 0) is 44.9 Å². The molecule has 1 aliphatic carbocycles. The molecule has 2 N–H and O–H groups in total. The van der Waals surface area contributed by atoms with Gasteiger partial charge in [0.1, 0.15) is 0 Å². The number of ether oxygens (including phenoxy) is 2. The Bertz CT molecular complexity index is 399. The summed E-state index contributed by atoms with van der Waals surface area (Å²) in [5.41, 5.74) is 6.49. The Morgan fingerprint density at radius 3 is 2.64 bits per heavy atom. The van der Waals surface area contributed by atoms with Gasteiger partial charge in [-0.2, -0.15) is 0 Å². The van der Waals surface area contributed by atoms with Gasteiger partial charge in [0.2, 0.25) is 0 Å². The van der Waals surface area contributed by atoms with Crippen molar-refractivity contribution in [3.63, 3.8) is 0 Å². The third-order valence-electron chi connectivity index (χ3n) is 5.93. The fraction of sp³-hybridized carbons (Fsp3) is 0.941. The highest BCUT2D eigenvalue weighted by Crippen LogP contribution is 2.52. The molecule has 3 fully saturated rings. The summed E-state index contributed by atoms with van der Waals surface area (Å²) >= 11 is 0. The van der Waals surface area contributed by atoms with Crippen LogP contribution in [0.25, 0.3) is 0 Å². The number of rotatable bonds is 3. The van der Waals surface area contributed by atoms with Gasteiger partial charge in [0, 0.05) is 38.3 Å². The van der Waals surface area contributed by atoms with E-state index in [-0.39, 0.29) is 5.41 Å². The molecule has 0 aromatic rings. The summed E-state index contributed by atoms with van der Waals surface area (Å²) < 4.78 is 11.5. The highest BCUT2D eigenvalue weighted by atomic mass is 16.5. The van der Waals surface area contributed by atoms with Crippen LogP contribution in [0.3, 0.4) is 0 Å². The van der Waals surface area contributed by atoms with Gasteiger partial charge in [0.25, 0.3) is 0 Å². The van der Waals surface area contributed by atoms with Crippen LogP contribution in [0.1, 0.15) is 46.0 Å². The molecule has 2 heterocycles. The molecule has 2 unspecified atom stereocenters. The van der Waals surface area contributed by atoms with Crippen LogP contribution >= 0.6 is 0 Å². The molecule has 3 aliphatic rings. The fourth-order valence-electron chi connectivity index (χ4n) is 4.23. The SMILES string of the molecule is CCOC1CC(N=C(N)N2CCC(C)CC2)C12CCOCC2. The lowest BCUT2D eigenvalue weighted by atomic mass is 9.58. The third kappa shape index (κ3) is 2.98. The highest BCUT2D eigenvalue weighted by molar-refractivity contribution is 5.78. The van der Waals surface area contributed by atoms with Gasteiger partial charge >= 0.3 is 0 Å². The number of hydrogen-bond acceptors (Lipinski definition) is 3. The zero-order valence-corrected chi connectivity index (χ0v) is 14.1. The predicted octanol–water partition coefficient (Wildman–Crippen LogP) is 2.01. The first kappa shape index (κ1) is 16.1. The third-order valence-corrected chi connectivity index (χ3v) is 5.93. The molecule has 2 saturated heterocycles. The molecule has 0 radical (unpaired) electrons. The van der Waals surface area contributed by atoms with Crippen LogP contribution in [-0.2, 0) is 9.47 Å². The minimum absolute atomic E-state index is 0.169. The minimum Gasteiger partial charge on any atom is -0.381 e. The van der Waals surface area contributed by atoms with Crippen molar-refractivity contribution in [3.05, 3.63) is 0 Å². The highest BCUT2D eigenvalue weighted by Gasteiger charge is 2.56. The summed E-state index contributed by atoms with van der Waals surface area (Å²) in [5.74, 6) is 1.56. The second-order valence-corrected chi connectivity index (χ2v) is 7.20. The van der Waals surface area contributed by atoms with Gasteiger partial charge in [-0.3, -0.25) is 0 Å². The van der Waals surface area contributed by atoms with E-state index in [4.69, 9.17) is 20.2 Å². The van der Waals surface area contributed by atoms with Crippen LogP contribution in [0.2, 0.25) is 0 Å². The van der Waals surface area contributed by atoms with Gasteiger partial charge in [0.05, 0.1) is 12.1 Å². The van der Waals surface area contributed by atoms with Crippen molar-refractivity contribution < 1.29 is 9.47 Å². The topological polar surface area (TPSA) is 60.1 Å². The van der Waals surface area contributed by atoms with Crippen molar-refractivity contribution in [1.82, 2.24) is 4.90 Å². The molecule has 0 aromatic carbocycles. The van der Waals surface area contributed by atoms with Gasteiger partial charge < -0.3 is 20.1 Å². The lowest BCUT2D eigenvalue weighted by Crippen LogP contribution is -2.60. The number of nitrogens with zero attached hydrogens (tertiary/aromatic N) is 2.